The molecule has 0 aliphatic rings. The first-order valence-electron chi connectivity index (χ1n) is 6.23. The molecule has 0 fully saturated rings. The van der Waals surface area contributed by atoms with Crippen molar-refractivity contribution in [3.8, 4) is 0 Å². The highest BCUT2D eigenvalue weighted by Crippen LogP contribution is 2.27. The van der Waals surface area contributed by atoms with E-state index >= 15 is 0 Å². The predicted molar refractivity (Wildman–Crippen MR) is 85.8 cm³/mol. The largest absolute Gasteiger partial charge is 0.465 e. The van der Waals surface area contributed by atoms with Crippen molar-refractivity contribution in [2.75, 3.05) is 14.2 Å². The Morgan fingerprint density at radius 3 is 2.64 bits per heavy atom. The number of esters is 1. The Kier molecular flexibility index (Phi) is 5.23. The summed E-state index contributed by atoms with van der Waals surface area (Å²) in [7, 11) is -1.16. The molecule has 2 aromatic rings. The number of methoxy groups -OCH3 is 1. The van der Waals surface area contributed by atoms with Crippen molar-refractivity contribution in [3.05, 3.63) is 51.2 Å². The van der Waals surface area contributed by atoms with Crippen LogP contribution < -0.4 is 0 Å². The number of thiophene rings is 1. The Morgan fingerprint density at radius 2 is 2.00 bits per heavy atom. The lowest BCUT2D eigenvalue weighted by molar-refractivity contribution is 0.0602. The second-order valence-electron chi connectivity index (χ2n) is 4.46. The van der Waals surface area contributed by atoms with Crippen LogP contribution in [0.25, 0.3) is 0 Å². The van der Waals surface area contributed by atoms with Crippen molar-refractivity contribution in [2.45, 2.75) is 11.4 Å². The summed E-state index contributed by atoms with van der Waals surface area (Å²) in [6.45, 7) is 0.110. The number of carbonyl (C=O) groups excluding carboxylic acids is 1. The van der Waals surface area contributed by atoms with Crippen molar-refractivity contribution in [2.24, 2.45) is 0 Å². The van der Waals surface area contributed by atoms with Crippen LogP contribution in [-0.2, 0) is 21.3 Å². The standard InChI is InChI=1S/C14H14ClNO4S2/c1-16(9-10-5-3-4-6-11(10)15)22(18,19)12-7-8-21-13(12)14(17)20-2/h3-8H,9H2,1-2H3. The SMILES string of the molecule is COC(=O)c1sccc1S(=O)(=O)N(C)Cc1ccccc1Cl. The van der Waals surface area contributed by atoms with Gasteiger partial charge in [0.25, 0.3) is 0 Å². The van der Waals surface area contributed by atoms with Gasteiger partial charge in [-0.05, 0) is 23.1 Å². The maximum atomic E-state index is 12.6. The van der Waals surface area contributed by atoms with Gasteiger partial charge in [0.2, 0.25) is 10.0 Å². The average molecular weight is 360 g/mol. The molecule has 1 aromatic heterocycles. The fourth-order valence-electron chi connectivity index (χ4n) is 1.86. The van der Waals surface area contributed by atoms with E-state index in [2.05, 4.69) is 4.74 Å². The lowest BCUT2D eigenvalue weighted by Gasteiger charge is -2.18. The quantitative estimate of drug-likeness (QED) is 0.770. The summed E-state index contributed by atoms with van der Waals surface area (Å²) >= 11 is 7.08. The molecule has 0 unspecified atom stereocenters. The molecule has 0 N–H and O–H groups in total. The Labute approximate surface area is 138 Å². The fourth-order valence-corrected chi connectivity index (χ4v) is 4.51. The highest BCUT2D eigenvalue weighted by Gasteiger charge is 2.28. The average Bonchev–Trinajstić information content (AvgIpc) is 2.99. The van der Waals surface area contributed by atoms with Gasteiger partial charge >= 0.3 is 5.97 Å². The summed E-state index contributed by atoms with van der Waals surface area (Å²) in [5.41, 5.74) is 0.685. The van der Waals surface area contributed by atoms with E-state index in [-0.39, 0.29) is 16.3 Å². The molecule has 0 radical (unpaired) electrons. The Hall–Kier alpha value is -1.41. The molecular formula is C14H14ClNO4S2. The topological polar surface area (TPSA) is 63.7 Å². The highest BCUT2D eigenvalue weighted by molar-refractivity contribution is 7.89. The molecule has 1 heterocycles. The van der Waals surface area contributed by atoms with Crippen LogP contribution in [0, 0.1) is 0 Å². The molecule has 0 aliphatic carbocycles. The number of nitrogens with zero attached hydrogens (tertiary/aromatic N) is 1. The van der Waals surface area contributed by atoms with Gasteiger partial charge in [-0.2, -0.15) is 4.31 Å². The van der Waals surface area contributed by atoms with E-state index in [1.165, 1.54) is 20.2 Å². The van der Waals surface area contributed by atoms with Gasteiger partial charge in [0.05, 0.1) is 7.11 Å². The van der Waals surface area contributed by atoms with Gasteiger partial charge in [0, 0.05) is 18.6 Å². The van der Waals surface area contributed by atoms with Gasteiger partial charge in [0.1, 0.15) is 9.77 Å². The van der Waals surface area contributed by atoms with Crippen molar-refractivity contribution in [1.29, 1.82) is 0 Å². The van der Waals surface area contributed by atoms with Gasteiger partial charge in [-0.25, -0.2) is 13.2 Å². The van der Waals surface area contributed by atoms with E-state index in [9.17, 15) is 13.2 Å². The van der Waals surface area contributed by atoms with Gasteiger partial charge < -0.3 is 4.74 Å². The summed E-state index contributed by atoms with van der Waals surface area (Å²) in [5, 5.41) is 2.03. The number of halogens is 1. The maximum absolute atomic E-state index is 12.6. The normalized spacial score (nSPS) is 11.6. The summed E-state index contributed by atoms with van der Waals surface area (Å²) in [6, 6.07) is 8.40. The van der Waals surface area contributed by atoms with E-state index in [4.69, 9.17) is 11.6 Å². The van der Waals surface area contributed by atoms with E-state index in [1.807, 2.05) is 0 Å². The molecule has 0 spiro atoms. The Balaban J connectivity index is 2.33. The lowest BCUT2D eigenvalue weighted by Crippen LogP contribution is -2.27. The van der Waals surface area contributed by atoms with Crippen LogP contribution in [0.2, 0.25) is 5.02 Å². The smallest absolute Gasteiger partial charge is 0.349 e. The molecule has 0 bridgehead atoms. The van der Waals surface area contributed by atoms with Gasteiger partial charge in [-0.15, -0.1) is 11.3 Å². The van der Waals surface area contributed by atoms with Crippen molar-refractivity contribution >= 4 is 38.9 Å². The third-order valence-corrected chi connectivity index (χ3v) is 6.28. The minimum Gasteiger partial charge on any atom is -0.465 e. The number of benzene rings is 1. The number of sulfonamides is 1. The minimum absolute atomic E-state index is 0.0566. The molecule has 8 heteroatoms. The summed E-state index contributed by atoms with van der Waals surface area (Å²) < 4.78 is 31.0. The molecular weight excluding hydrogens is 346 g/mol. The third kappa shape index (κ3) is 3.33. The Morgan fingerprint density at radius 1 is 1.32 bits per heavy atom. The van der Waals surface area contributed by atoms with E-state index in [0.29, 0.717) is 10.6 Å². The van der Waals surface area contributed by atoms with Crippen LogP contribution in [0.1, 0.15) is 15.2 Å². The molecule has 5 nitrogen and oxygen atoms in total. The van der Waals surface area contributed by atoms with E-state index in [1.54, 1.807) is 29.6 Å². The van der Waals surface area contributed by atoms with Crippen LogP contribution in [0.15, 0.2) is 40.6 Å². The summed E-state index contributed by atoms with van der Waals surface area (Å²) in [4.78, 5) is 11.7. The molecule has 0 saturated carbocycles. The number of hydrogen-bond donors (Lipinski definition) is 0. The first-order valence-corrected chi connectivity index (χ1v) is 8.93. The number of rotatable bonds is 5. The number of hydrogen-bond acceptors (Lipinski definition) is 5. The molecule has 0 saturated heterocycles. The zero-order valence-corrected chi connectivity index (χ0v) is 14.3. The van der Waals surface area contributed by atoms with Crippen LogP contribution in [0.4, 0.5) is 0 Å². The highest BCUT2D eigenvalue weighted by atomic mass is 35.5. The monoisotopic (exact) mass is 359 g/mol. The first kappa shape index (κ1) is 17.0. The van der Waals surface area contributed by atoms with Crippen LogP contribution >= 0.6 is 22.9 Å². The van der Waals surface area contributed by atoms with Crippen LogP contribution in [0.3, 0.4) is 0 Å². The van der Waals surface area contributed by atoms with E-state index < -0.39 is 16.0 Å². The first-order chi connectivity index (χ1) is 10.4. The second-order valence-corrected chi connectivity index (χ2v) is 7.79. The van der Waals surface area contributed by atoms with Crippen LogP contribution in [-0.4, -0.2) is 32.8 Å². The lowest BCUT2D eigenvalue weighted by atomic mass is 10.2. The molecule has 118 valence electrons. The molecule has 0 amide bonds. The fraction of sp³-hybridized carbons (Fsp3) is 0.214. The van der Waals surface area contributed by atoms with Crippen molar-refractivity contribution in [3.63, 3.8) is 0 Å². The summed E-state index contributed by atoms with van der Waals surface area (Å²) in [6.07, 6.45) is 0. The number of carbonyl (C=O) groups is 1. The zero-order chi connectivity index (χ0) is 16.3. The van der Waals surface area contributed by atoms with Gasteiger partial charge in [0.15, 0.2) is 0 Å². The van der Waals surface area contributed by atoms with Gasteiger partial charge in [-0.1, -0.05) is 29.8 Å². The molecule has 0 aliphatic heterocycles. The van der Waals surface area contributed by atoms with Crippen molar-refractivity contribution < 1.29 is 17.9 Å². The molecule has 0 atom stereocenters. The zero-order valence-electron chi connectivity index (χ0n) is 11.9. The second kappa shape index (κ2) is 6.78. The Bertz CT molecular complexity index is 786. The molecule has 1 aromatic carbocycles. The number of ether oxygens (including phenoxy) is 1. The molecule has 2 rings (SSSR count). The molecule has 22 heavy (non-hydrogen) atoms. The maximum Gasteiger partial charge on any atom is 0.349 e. The minimum atomic E-state index is -3.81. The van der Waals surface area contributed by atoms with Gasteiger partial charge in [-0.3, -0.25) is 0 Å². The van der Waals surface area contributed by atoms with E-state index in [0.717, 1.165) is 15.6 Å². The predicted octanol–water partition coefficient (Wildman–Crippen LogP) is 3.01. The van der Waals surface area contributed by atoms with Crippen LogP contribution in [0.5, 0.6) is 0 Å². The third-order valence-electron chi connectivity index (χ3n) is 3.04. The summed E-state index contributed by atoms with van der Waals surface area (Å²) in [5.74, 6) is -0.667. The van der Waals surface area contributed by atoms with Crippen molar-refractivity contribution in [1.82, 2.24) is 4.31 Å².